The molecule has 1 aromatic carbocycles. The minimum absolute atomic E-state index is 0. The summed E-state index contributed by atoms with van der Waals surface area (Å²) in [5.74, 6) is 0.895. The molecule has 0 radical (unpaired) electrons. The van der Waals surface area contributed by atoms with E-state index in [9.17, 15) is 0 Å². The standard InChI is InChI=1S/C14H19N3O.ClH/c1-11-13(10-17(2)16-11)9-15-8-12-5-4-6-14(7-12)18-3;/h4-7,10,15H,8-9H2,1-3H3;1H. The highest BCUT2D eigenvalue weighted by Gasteiger charge is 2.02. The second kappa shape index (κ2) is 7.16. The first kappa shape index (κ1) is 15.5. The van der Waals surface area contributed by atoms with E-state index >= 15 is 0 Å². The molecule has 0 amide bonds. The molecule has 19 heavy (non-hydrogen) atoms. The van der Waals surface area contributed by atoms with Crippen molar-refractivity contribution in [2.24, 2.45) is 7.05 Å². The average Bonchev–Trinajstić information content (AvgIpc) is 2.68. The van der Waals surface area contributed by atoms with Gasteiger partial charge in [-0.3, -0.25) is 4.68 Å². The summed E-state index contributed by atoms with van der Waals surface area (Å²) in [4.78, 5) is 0. The fraction of sp³-hybridized carbons (Fsp3) is 0.357. The van der Waals surface area contributed by atoms with Crippen LogP contribution in [0.1, 0.15) is 16.8 Å². The number of hydrogen-bond acceptors (Lipinski definition) is 3. The Morgan fingerprint density at radius 2 is 2.11 bits per heavy atom. The van der Waals surface area contributed by atoms with Gasteiger partial charge in [-0.05, 0) is 24.6 Å². The number of rotatable bonds is 5. The summed E-state index contributed by atoms with van der Waals surface area (Å²) in [6.07, 6.45) is 2.05. The fourth-order valence-electron chi connectivity index (χ4n) is 1.95. The first-order valence-corrected chi connectivity index (χ1v) is 6.02. The highest BCUT2D eigenvalue weighted by Crippen LogP contribution is 2.12. The van der Waals surface area contributed by atoms with Gasteiger partial charge in [0.2, 0.25) is 0 Å². The topological polar surface area (TPSA) is 39.1 Å². The summed E-state index contributed by atoms with van der Waals surface area (Å²) >= 11 is 0. The van der Waals surface area contributed by atoms with Crippen LogP contribution < -0.4 is 10.1 Å². The summed E-state index contributed by atoms with van der Waals surface area (Å²) < 4.78 is 7.05. The van der Waals surface area contributed by atoms with Gasteiger partial charge in [0.25, 0.3) is 0 Å². The molecule has 0 aliphatic heterocycles. The van der Waals surface area contributed by atoms with Crippen LogP contribution in [-0.4, -0.2) is 16.9 Å². The zero-order valence-electron chi connectivity index (χ0n) is 11.5. The molecule has 2 aromatic rings. The molecule has 0 spiro atoms. The zero-order valence-corrected chi connectivity index (χ0v) is 12.3. The average molecular weight is 282 g/mol. The molecule has 1 heterocycles. The van der Waals surface area contributed by atoms with Gasteiger partial charge in [-0.25, -0.2) is 0 Å². The van der Waals surface area contributed by atoms with Crippen LogP contribution in [0.3, 0.4) is 0 Å². The van der Waals surface area contributed by atoms with Crippen molar-refractivity contribution in [2.75, 3.05) is 7.11 Å². The summed E-state index contributed by atoms with van der Waals surface area (Å²) in [6.45, 7) is 3.69. The van der Waals surface area contributed by atoms with Gasteiger partial charge in [-0.15, -0.1) is 12.4 Å². The minimum Gasteiger partial charge on any atom is -0.497 e. The number of nitrogens with one attached hydrogen (secondary N) is 1. The molecular formula is C14H20ClN3O. The molecule has 104 valence electrons. The van der Waals surface area contributed by atoms with Crippen LogP contribution in [-0.2, 0) is 20.1 Å². The van der Waals surface area contributed by atoms with Crippen LogP contribution in [0.4, 0.5) is 0 Å². The minimum atomic E-state index is 0. The third kappa shape index (κ3) is 4.26. The number of halogens is 1. The maximum absolute atomic E-state index is 5.20. The second-order valence-electron chi connectivity index (χ2n) is 4.37. The summed E-state index contributed by atoms with van der Waals surface area (Å²) in [5, 5.41) is 7.74. The Bertz CT molecular complexity index is 525. The van der Waals surface area contributed by atoms with Crippen molar-refractivity contribution in [3.05, 3.63) is 47.3 Å². The Balaban J connectivity index is 0.00000180. The molecule has 0 atom stereocenters. The van der Waals surface area contributed by atoms with Gasteiger partial charge in [0, 0.05) is 31.9 Å². The predicted octanol–water partition coefficient (Wildman–Crippen LogP) is 2.45. The van der Waals surface area contributed by atoms with E-state index in [0.29, 0.717) is 0 Å². The molecule has 0 saturated carbocycles. The molecule has 0 unspecified atom stereocenters. The SMILES string of the molecule is COc1cccc(CNCc2cn(C)nc2C)c1.Cl. The largest absolute Gasteiger partial charge is 0.497 e. The molecule has 0 saturated heterocycles. The fourth-order valence-corrected chi connectivity index (χ4v) is 1.95. The van der Waals surface area contributed by atoms with E-state index in [0.717, 1.165) is 24.5 Å². The van der Waals surface area contributed by atoms with Gasteiger partial charge < -0.3 is 10.1 Å². The van der Waals surface area contributed by atoms with Gasteiger partial charge in [-0.1, -0.05) is 12.1 Å². The predicted molar refractivity (Wildman–Crippen MR) is 78.7 cm³/mol. The summed E-state index contributed by atoms with van der Waals surface area (Å²) in [7, 11) is 3.63. The Kier molecular flexibility index (Phi) is 5.86. The van der Waals surface area contributed by atoms with Crippen molar-refractivity contribution in [3.8, 4) is 5.75 Å². The lowest BCUT2D eigenvalue weighted by Gasteiger charge is -2.06. The maximum atomic E-state index is 5.20. The van der Waals surface area contributed by atoms with Gasteiger partial charge >= 0.3 is 0 Å². The van der Waals surface area contributed by atoms with E-state index in [1.165, 1.54) is 11.1 Å². The first-order chi connectivity index (χ1) is 8.69. The number of ether oxygens (including phenoxy) is 1. The monoisotopic (exact) mass is 281 g/mol. The van der Waals surface area contributed by atoms with Crippen molar-refractivity contribution in [1.29, 1.82) is 0 Å². The second-order valence-corrected chi connectivity index (χ2v) is 4.37. The lowest BCUT2D eigenvalue weighted by atomic mass is 10.2. The number of hydrogen-bond donors (Lipinski definition) is 1. The number of aromatic nitrogens is 2. The maximum Gasteiger partial charge on any atom is 0.119 e. The number of aryl methyl sites for hydroxylation is 2. The Labute approximate surface area is 120 Å². The Morgan fingerprint density at radius 1 is 1.32 bits per heavy atom. The smallest absolute Gasteiger partial charge is 0.119 e. The van der Waals surface area contributed by atoms with Crippen molar-refractivity contribution in [2.45, 2.75) is 20.0 Å². The van der Waals surface area contributed by atoms with Gasteiger partial charge in [0.05, 0.1) is 12.8 Å². The van der Waals surface area contributed by atoms with Crippen LogP contribution in [0.5, 0.6) is 5.75 Å². The lowest BCUT2D eigenvalue weighted by molar-refractivity contribution is 0.414. The van der Waals surface area contributed by atoms with Gasteiger partial charge in [-0.2, -0.15) is 5.10 Å². The summed E-state index contributed by atoms with van der Waals surface area (Å²) in [6, 6.07) is 8.09. The number of methoxy groups -OCH3 is 1. The summed E-state index contributed by atoms with van der Waals surface area (Å²) in [5.41, 5.74) is 3.53. The molecule has 0 aliphatic carbocycles. The van der Waals surface area contributed by atoms with E-state index in [1.807, 2.05) is 43.0 Å². The molecule has 0 bridgehead atoms. The quantitative estimate of drug-likeness (QED) is 0.915. The third-order valence-corrected chi connectivity index (χ3v) is 2.89. The highest BCUT2D eigenvalue weighted by molar-refractivity contribution is 5.85. The van der Waals surface area contributed by atoms with Crippen LogP contribution in [0.15, 0.2) is 30.5 Å². The molecule has 0 fully saturated rings. The normalized spacial score (nSPS) is 10.1. The Morgan fingerprint density at radius 3 is 2.74 bits per heavy atom. The molecule has 5 heteroatoms. The van der Waals surface area contributed by atoms with Crippen molar-refractivity contribution >= 4 is 12.4 Å². The van der Waals surface area contributed by atoms with E-state index in [4.69, 9.17) is 4.74 Å². The van der Waals surface area contributed by atoms with Gasteiger partial charge in [0.15, 0.2) is 0 Å². The van der Waals surface area contributed by atoms with Crippen molar-refractivity contribution in [3.63, 3.8) is 0 Å². The zero-order chi connectivity index (χ0) is 13.0. The van der Waals surface area contributed by atoms with Crippen molar-refractivity contribution in [1.82, 2.24) is 15.1 Å². The molecule has 2 rings (SSSR count). The molecule has 1 N–H and O–H groups in total. The van der Waals surface area contributed by atoms with E-state index < -0.39 is 0 Å². The lowest BCUT2D eigenvalue weighted by Crippen LogP contribution is -2.12. The van der Waals surface area contributed by atoms with E-state index in [-0.39, 0.29) is 12.4 Å². The van der Waals surface area contributed by atoms with Gasteiger partial charge in [0.1, 0.15) is 5.75 Å². The van der Waals surface area contributed by atoms with E-state index in [2.05, 4.69) is 16.5 Å². The number of benzene rings is 1. The first-order valence-electron chi connectivity index (χ1n) is 6.02. The van der Waals surface area contributed by atoms with Crippen LogP contribution >= 0.6 is 12.4 Å². The van der Waals surface area contributed by atoms with Crippen LogP contribution in [0.25, 0.3) is 0 Å². The van der Waals surface area contributed by atoms with Crippen molar-refractivity contribution < 1.29 is 4.74 Å². The Hall–Kier alpha value is -1.52. The highest BCUT2D eigenvalue weighted by atomic mass is 35.5. The molecule has 0 aliphatic rings. The van der Waals surface area contributed by atoms with E-state index in [1.54, 1.807) is 7.11 Å². The number of nitrogens with zero attached hydrogens (tertiary/aromatic N) is 2. The van der Waals surface area contributed by atoms with Crippen LogP contribution in [0, 0.1) is 6.92 Å². The molecule has 1 aromatic heterocycles. The van der Waals surface area contributed by atoms with Crippen LogP contribution in [0.2, 0.25) is 0 Å². The molecule has 4 nitrogen and oxygen atoms in total. The molecular weight excluding hydrogens is 262 g/mol. The third-order valence-electron chi connectivity index (χ3n) is 2.89.